The lowest BCUT2D eigenvalue weighted by atomic mass is 10.1. The van der Waals surface area contributed by atoms with Gasteiger partial charge in [0.25, 0.3) is 0 Å². The first-order valence-corrected chi connectivity index (χ1v) is 7.24. The van der Waals surface area contributed by atoms with Gasteiger partial charge in [0.1, 0.15) is 0 Å². The molecule has 0 saturated heterocycles. The Balaban J connectivity index is 1.80. The van der Waals surface area contributed by atoms with E-state index in [9.17, 15) is 4.79 Å². The SMILES string of the molecule is CC(CCc1ccccc1)NCc1cccc(C(=O)O)c1. The van der Waals surface area contributed by atoms with Gasteiger partial charge in [0.2, 0.25) is 0 Å². The maximum Gasteiger partial charge on any atom is 0.335 e. The standard InChI is InChI=1S/C18H21NO2/c1-14(10-11-15-6-3-2-4-7-15)19-13-16-8-5-9-17(12-16)18(20)21/h2-9,12,14,19H,10-11,13H2,1H3,(H,20,21). The molecule has 0 saturated carbocycles. The van der Waals surface area contributed by atoms with E-state index in [0.29, 0.717) is 18.2 Å². The molecule has 0 aliphatic rings. The Morgan fingerprint density at radius 3 is 2.52 bits per heavy atom. The number of nitrogens with one attached hydrogen (secondary N) is 1. The number of carboxylic acids is 1. The number of hydrogen-bond acceptors (Lipinski definition) is 2. The zero-order valence-electron chi connectivity index (χ0n) is 12.3. The summed E-state index contributed by atoms with van der Waals surface area (Å²) in [6.07, 6.45) is 2.10. The molecule has 0 fully saturated rings. The van der Waals surface area contributed by atoms with E-state index in [4.69, 9.17) is 5.11 Å². The van der Waals surface area contributed by atoms with E-state index >= 15 is 0 Å². The molecule has 2 aromatic rings. The molecule has 1 unspecified atom stereocenters. The lowest BCUT2D eigenvalue weighted by molar-refractivity contribution is 0.0696. The van der Waals surface area contributed by atoms with Crippen LogP contribution in [-0.4, -0.2) is 17.1 Å². The molecular formula is C18H21NO2. The van der Waals surface area contributed by atoms with E-state index in [0.717, 1.165) is 18.4 Å². The highest BCUT2D eigenvalue weighted by Gasteiger charge is 2.05. The van der Waals surface area contributed by atoms with Crippen LogP contribution in [0.1, 0.15) is 34.8 Å². The van der Waals surface area contributed by atoms with E-state index in [1.165, 1.54) is 5.56 Å². The molecule has 2 aromatic carbocycles. The molecule has 0 aliphatic carbocycles. The van der Waals surface area contributed by atoms with Crippen LogP contribution >= 0.6 is 0 Å². The first-order valence-electron chi connectivity index (χ1n) is 7.24. The molecular weight excluding hydrogens is 262 g/mol. The van der Waals surface area contributed by atoms with Crippen LogP contribution in [0, 0.1) is 0 Å². The summed E-state index contributed by atoms with van der Waals surface area (Å²) in [4.78, 5) is 10.9. The number of hydrogen-bond donors (Lipinski definition) is 2. The van der Waals surface area contributed by atoms with Crippen molar-refractivity contribution in [2.75, 3.05) is 0 Å². The summed E-state index contributed by atoms with van der Waals surface area (Å²) >= 11 is 0. The molecule has 1 atom stereocenters. The van der Waals surface area contributed by atoms with Gasteiger partial charge in [-0.1, -0.05) is 42.5 Å². The monoisotopic (exact) mass is 283 g/mol. The maximum absolute atomic E-state index is 10.9. The molecule has 3 heteroatoms. The lowest BCUT2D eigenvalue weighted by Crippen LogP contribution is -2.26. The molecule has 0 aromatic heterocycles. The second-order valence-electron chi connectivity index (χ2n) is 5.31. The van der Waals surface area contributed by atoms with E-state index in [-0.39, 0.29) is 0 Å². The summed E-state index contributed by atoms with van der Waals surface area (Å²) in [6.45, 7) is 2.85. The third kappa shape index (κ3) is 5.04. The summed E-state index contributed by atoms with van der Waals surface area (Å²) in [7, 11) is 0. The van der Waals surface area contributed by atoms with Crippen molar-refractivity contribution < 1.29 is 9.90 Å². The van der Waals surface area contributed by atoms with E-state index in [2.05, 4.69) is 36.5 Å². The van der Waals surface area contributed by atoms with Crippen LogP contribution in [0.15, 0.2) is 54.6 Å². The van der Waals surface area contributed by atoms with Gasteiger partial charge in [0.05, 0.1) is 5.56 Å². The van der Waals surface area contributed by atoms with E-state index in [1.807, 2.05) is 12.1 Å². The second kappa shape index (κ2) is 7.60. The molecule has 3 nitrogen and oxygen atoms in total. The highest BCUT2D eigenvalue weighted by Crippen LogP contribution is 2.08. The summed E-state index contributed by atoms with van der Waals surface area (Å²) in [5.74, 6) is -0.881. The van der Waals surface area contributed by atoms with Crippen LogP contribution in [0.25, 0.3) is 0 Å². The minimum Gasteiger partial charge on any atom is -0.478 e. The van der Waals surface area contributed by atoms with Gasteiger partial charge in [0.15, 0.2) is 0 Å². The lowest BCUT2D eigenvalue weighted by Gasteiger charge is -2.14. The van der Waals surface area contributed by atoms with Crippen LogP contribution in [0.2, 0.25) is 0 Å². The number of aromatic carboxylic acids is 1. The topological polar surface area (TPSA) is 49.3 Å². The first kappa shape index (κ1) is 15.3. The Hall–Kier alpha value is -2.13. The predicted molar refractivity (Wildman–Crippen MR) is 84.5 cm³/mol. The third-order valence-corrected chi connectivity index (χ3v) is 3.54. The molecule has 0 aliphatic heterocycles. The molecule has 0 amide bonds. The summed E-state index contributed by atoms with van der Waals surface area (Å²) in [5.41, 5.74) is 2.69. The van der Waals surface area contributed by atoms with Crippen molar-refractivity contribution in [2.24, 2.45) is 0 Å². The highest BCUT2D eigenvalue weighted by molar-refractivity contribution is 5.87. The van der Waals surface area contributed by atoms with Gasteiger partial charge in [-0.3, -0.25) is 0 Å². The minimum atomic E-state index is -0.881. The van der Waals surface area contributed by atoms with Crippen LogP contribution in [-0.2, 0) is 13.0 Å². The molecule has 0 radical (unpaired) electrons. The molecule has 21 heavy (non-hydrogen) atoms. The van der Waals surface area contributed by atoms with Crippen LogP contribution in [0.5, 0.6) is 0 Å². The Labute approximate surface area is 125 Å². The third-order valence-electron chi connectivity index (χ3n) is 3.54. The van der Waals surface area contributed by atoms with Gasteiger partial charge in [-0.25, -0.2) is 4.79 Å². The minimum absolute atomic E-state index is 0.339. The van der Waals surface area contributed by atoms with Crippen LogP contribution in [0.3, 0.4) is 0 Å². The average molecular weight is 283 g/mol. The van der Waals surface area contributed by atoms with Gasteiger partial charge in [0, 0.05) is 12.6 Å². The van der Waals surface area contributed by atoms with Gasteiger partial charge in [-0.2, -0.15) is 0 Å². The Morgan fingerprint density at radius 1 is 1.10 bits per heavy atom. The summed E-state index contributed by atoms with van der Waals surface area (Å²) in [5, 5.41) is 12.4. The number of carboxylic acid groups (broad SMARTS) is 1. The predicted octanol–water partition coefficient (Wildman–Crippen LogP) is 3.50. The van der Waals surface area contributed by atoms with Crippen molar-refractivity contribution in [1.82, 2.24) is 5.32 Å². The molecule has 0 heterocycles. The second-order valence-corrected chi connectivity index (χ2v) is 5.31. The summed E-state index contributed by atoms with van der Waals surface area (Å²) < 4.78 is 0. The van der Waals surface area contributed by atoms with Crippen molar-refractivity contribution >= 4 is 5.97 Å². The average Bonchev–Trinajstić information content (AvgIpc) is 2.52. The van der Waals surface area contributed by atoms with Gasteiger partial charge >= 0.3 is 5.97 Å². The van der Waals surface area contributed by atoms with Gasteiger partial charge in [-0.15, -0.1) is 0 Å². The fraction of sp³-hybridized carbons (Fsp3) is 0.278. The van der Waals surface area contributed by atoms with Crippen molar-refractivity contribution in [1.29, 1.82) is 0 Å². The number of aryl methyl sites for hydroxylation is 1. The zero-order valence-corrected chi connectivity index (χ0v) is 12.3. The van der Waals surface area contributed by atoms with Crippen LogP contribution < -0.4 is 5.32 Å². The van der Waals surface area contributed by atoms with Crippen LogP contribution in [0.4, 0.5) is 0 Å². The quantitative estimate of drug-likeness (QED) is 0.817. The fourth-order valence-electron chi connectivity index (χ4n) is 2.24. The number of carbonyl (C=O) groups is 1. The van der Waals surface area contributed by atoms with Crippen molar-refractivity contribution in [3.8, 4) is 0 Å². The van der Waals surface area contributed by atoms with E-state index in [1.54, 1.807) is 18.2 Å². The van der Waals surface area contributed by atoms with Gasteiger partial charge in [-0.05, 0) is 43.0 Å². The fourth-order valence-corrected chi connectivity index (χ4v) is 2.24. The Morgan fingerprint density at radius 2 is 1.81 bits per heavy atom. The number of benzene rings is 2. The smallest absolute Gasteiger partial charge is 0.335 e. The Bertz CT molecular complexity index is 581. The molecule has 2 rings (SSSR count). The summed E-state index contributed by atoms with van der Waals surface area (Å²) in [6, 6.07) is 17.9. The van der Waals surface area contributed by atoms with Crippen molar-refractivity contribution in [2.45, 2.75) is 32.4 Å². The maximum atomic E-state index is 10.9. The Kier molecular flexibility index (Phi) is 5.52. The molecule has 0 bridgehead atoms. The first-order chi connectivity index (χ1) is 10.1. The normalized spacial score (nSPS) is 12.0. The van der Waals surface area contributed by atoms with Crippen molar-refractivity contribution in [3.05, 3.63) is 71.3 Å². The zero-order chi connectivity index (χ0) is 15.1. The molecule has 110 valence electrons. The van der Waals surface area contributed by atoms with E-state index < -0.39 is 5.97 Å². The highest BCUT2D eigenvalue weighted by atomic mass is 16.4. The van der Waals surface area contributed by atoms with Gasteiger partial charge < -0.3 is 10.4 Å². The molecule has 2 N–H and O–H groups in total. The largest absolute Gasteiger partial charge is 0.478 e. The number of rotatable bonds is 7. The van der Waals surface area contributed by atoms with Crippen molar-refractivity contribution in [3.63, 3.8) is 0 Å². The molecule has 0 spiro atoms.